The molecule has 4 rings (SSSR count). The summed E-state index contributed by atoms with van der Waals surface area (Å²) in [7, 11) is 0. The first-order valence-electron chi connectivity index (χ1n) is 8.55. The number of benzene rings is 1. The van der Waals surface area contributed by atoms with E-state index in [-0.39, 0.29) is 12.6 Å². The van der Waals surface area contributed by atoms with Crippen LogP contribution >= 0.6 is 11.6 Å². The molecule has 1 aliphatic heterocycles. The lowest BCUT2D eigenvalue weighted by Crippen LogP contribution is -2.37. The maximum atomic E-state index is 12.0. The SMILES string of the molecule is O=C(NC1CCN(c2cc(Cl)c3cc[nH]c3n2)C1)OCc1ccccc1. The average molecular weight is 371 g/mol. The summed E-state index contributed by atoms with van der Waals surface area (Å²) in [4.78, 5) is 21.8. The molecule has 7 heteroatoms. The molecule has 134 valence electrons. The molecule has 2 N–H and O–H groups in total. The molecule has 1 saturated heterocycles. The number of fused-ring (bicyclic) bond motifs is 1. The fourth-order valence-corrected chi connectivity index (χ4v) is 3.41. The van der Waals surface area contributed by atoms with E-state index in [1.165, 1.54) is 0 Å². The number of aromatic amines is 1. The van der Waals surface area contributed by atoms with Crippen LogP contribution < -0.4 is 10.2 Å². The maximum absolute atomic E-state index is 12.0. The summed E-state index contributed by atoms with van der Waals surface area (Å²) in [6.45, 7) is 1.75. The van der Waals surface area contributed by atoms with Crippen LogP contribution in [0.3, 0.4) is 0 Å². The van der Waals surface area contributed by atoms with Crippen molar-refractivity contribution in [1.29, 1.82) is 0 Å². The molecule has 2 aromatic heterocycles. The number of nitrogens with zero attached hydrogens (tertiary/aromatic N) is 2. The largest absolute Gasteiger partial charge is 0.445 e. The topological polar surface area (TPSA) is 70.2 Å². The molecule has 1 atom stereocenters. The van der Waals surface area contributed by atoms with E-state index in [0.717, 1.165) is 35.4 Å². The zero-order chi connectivity index (χ0) is 17.9. The lowest BCUT2D eigenvalue weighted by Gasteiger charge is -2.18. The molecule has 1 fully saturated rings. The highest BCUT2D eigenvalue weighted by molar-refractivity contribution is 6.35. The van der Waals surface area contributed by atoms with Gasteiger partial charge in [0.1, 0.15) is 18.1 Å². The van der Waals surface area contributed by atoms with Crippen molar-refractivity contribution >= 4 is 34.5 Å². The van der Waals surface area contributed by atoms with Gasteiger partial charge in [0.15, 0.2) is 0 Å². The van der Waals surface area contributed by atoms with Crippen LogP contribution in [0, 0.1) is 0 Å². The summed E-state index contributed by atoms with van der Waals surface area (Å²) >= 11 is 6.33. The summed E-state index contributed by atoms with van der Waals surface area (Å²) in [6, 6.07) is 13.4. The predicted octanol–water partition coefficient (Wildman–Crippen LogP) is 3.72. The summed E-state index contributed by atoms with van der Waals surface area (Å²) in [5.41, 5.74) is 1.74. The Bertz CT molecular complexity index is 912. The number of nitrogens with one attached hydrogen (secondary N) is 2. The quantitative estimate of drug-likeness (QED) is 0.734. The highest BCUT2D eigenvalue weighted by atomic mass is 35.5. The zero-order valence-corrected chi connectivity index (χ0v) is 14.9. The Labute approximate surface area is 156 Å². The molecule has 1 amide bonds. The Morgan fingerprint density at radius 1 is 1.35 bits per heavy atom. The number of hydrogen-bond acceptors (Lipinski definition) is 4. The first-order valence-corrected chi connectivity index (χ1v) is 8.92. The van der Waals surface area contributed by atoms with Gasteiger partial charge in [-0.3, -0.25) is 0 Å². The van der Waals surface area contributed by atoms with E-state index in [2.05, 4.69) is 20.2 Å². The molecule has 3 aromatic rings. The number of carbonyl (C=O) groups excluding carboxylic acids is 1. The molecule has 1 aromatic carbocycles. The van der Waals surface area contributed by atoms with Gasteiger partial charge in [0.25, 0.3) is 0 Å². The minimum Gasteiger partial charge on any atom is -0.445 e. The van der Waals surface area contributed by atoms with Gasteiger partial charge >= 0.3 is 6.09 Å². The van der Waals surface area contributed by atoms with Crippen molar-refractivity contribution in [2.24, 2.45) is 0 Å². The van der Waals surface area contributed by atoms with Crippen LogP contribution in [0.2, 0.25) is 5.02 Å². The summed E-state index contributed by atoms with van der Waals surface area (Å²) < 4.78 is 5.29. The Kier molecular flexibility index (Phi) is 4.67. The van der Waals surface area contributed by atoms with E-state index < -0.39 is 6.09 Å². The van der Waals surface area contributed by atoms with E-state index in [1.807, 2.05) is 48.7 Å². The molecule has 26 heavy (non-hydrogen) atoms. The second kappa shape index (κ2) is 7.25. The van der Waals surface area contributed by atoms with Gasteiger partial charge in [-0.05, 0) is 18.1 Å². The monoisotopic (exact) mass is 370 g/mol. The standard InChI is InChI=1S/C19H19ClN4O2/c20-16-10-17(23-18-15(16)6-8-21-18)24-9-7-14(11-24)22-19(25)26-12-13-4-2-1-3-5-13/h1-6,8,10,14H,7,9,11-12H2,(H,21,23)(H,22,25). The van der Waals surface area contributed by atoms with Crippen LogP contribution in [0.25, 0.3) is 11.0 Å². The van der Waals surface area contributed by atoms with Gasteiger partial charge in [-0.25, -0.2) is 9.78 Å². The number of alkyl carbamates (subject to hydrolysis) is 1. The Balaban J connectivity index is 1.33. The Hall–Kier alpha value is -2.73. The van der Waals surface area contributed by atoms with Crippen molar-refractivity contribution in [1.82, 2.24) is 15.3 Å². The molecule has 1 aliphatic rings. The second-order valence-corrected chi connectivity index (χ2v) is 6.75. The number of pyridine rings is 1. The summed E-state index contributed by atoms with van der Waals surface area (Å²) in [5, 5.41) is 4.51. The first kappa shape index (κ1) is 16.7. The molecule has 6 nitrogen and oxygen atoms in total. The van der Waals surface area contributed by atoms with Crippen LogP contribution in [0.4, 0.5) is 10.6 Å². The normalized spacial score (nSPS) is 16.8. The van der Waals surface area contributed by atoms with Crippen LogP contribution in [0.5, 0.6) is 0 Å². The van der Waals surface area contributed by atoms with Gasteiger partial charge in [0.2, 0.25) is 0 Å². The molecule has 0 radical (unpaired) electrons. The van der Waals surface area contributed by atoms with Crippen molar-refractivity contribution in [2.75, 3.05) is 18.0 Å². The fraction of sp³-hybridized carbons (Fsp3) is 0.263. The van der Waals surface area contributed by atoms with Crippen LogP contribution in [-0.2, 0) is 11.3 Å². The number of aromatic nitrogens is 2. The smallest absolute Gasteiger partial charge is 0.407 e. The minimum atomic E-state index is -0.397. The summed E-state index contributed by atoms with van der Waals surface area (Å²) in [6.07, 6.45) is 2.26. The number of rotatable bonds is 4. The molecule has 0 aliphatic carbocycles. The van der Waals surface area contributed by atoms with Gasteiger partial charge in [0, 0.05) is 30.7 Å². The van der Waals surface area contributed by atoms with Crippen LogP contribution in [0.15, 0.2) is 48.7 Å². The third-order valence-corrected chi connectivity index (χ3v) is 4.82. The van der Waals surface area contributed by atoms with Gasteiger partial charge < -0.3 is 19.9 Å². The van der Waals surface area contributed by atoms with Crippen molar-refractivity contribution in [3.05, 3.63) is 59.2 Å². The number of ether oxygens (including phenoxy) is 1. The van der Waals surface area contributed by atoms with Gasteiger partial charge in [-0.15, -0.1) is 0 Å². The van der Waals surface area contributed by atoms with E-state index in [1.54, 1.807) is 0 Å². The minimum absolute atomic E-state index is 0.0261. The molecule has 0 bridgehead atoms. The van der Waals surface area contributed by atoms with Crippen LogP contribution in [0.1, 0.15) is 12.0 Å². The van der Waals surface area contributed by atoms with E-state index in [4.69, 9.17) is 16.3 Å². The van der Waals surface area contributed by atoms with Crippen LogP contribution in [-0.4, -0.2) is 35.2 Å². The lowest BCUT2D eigenvalue weighted by atomic mass is 10.2. The Morgan fingerprint density at radius 2 is 2.19 bits per heavy atom. The van der Waals surface area contributed by atoms with Crippen molar-refractivity contribution in [3.8, 4) is 0 Å². The molecule has 3 heterocycles. The van der Waals surface area contributed by atoms with Crippen molar-refractivity contribution in [2.45, 2.75) is 19.1 Å². The molecule has 0 spiro atoms. The highest BCUT2D eigenvalue weighted by Gasteiger charge is 2.26. The number of anilines is 1. The number of H-pyrrole nitrogens is 1. The van der Waals surface area contributed by atoms with E-state index in [0.29, 0.717) is 11.6 Å². The molecular formula is C19H19ClN4O2. The third kappa shape index (κ3) is 3.60. The molecule has 1 unspecified atom stereocenters. The Morgan fingerprint density at radius 3 is 3.04 bits per heavy atom. The number of halogens is 1. The van der Waals surface area contributed by atoms with Gasteiger partial charge in [-0.1, -0.05) is 41.9 Å². The molecular weight excluding hydrogens is 352 g/mol. The number of amides is 1. The van der Waals surface area contributed by atoms with Gasteiger partial charge in [-0.2, -0.15) is 0 Å². The zero-order valence-electron chi connectivity index (χ0n) is 14.1. The average Bonchev–Trinajstić information content (AvgIpc) is 3.30. The lowest BCUT2D eigenvalue weighted by molar-refractivity contribution is 0.136. The predicted molar refractivity (Wildman–Crippen MR) is 101 cm³/mol. The third-order valence-electron chi connectivity index (χ3n) is 4.51. The second-order valence-electron chi connectivity index (χ2n) is 6.34. The highest BCUT2D eigenvalue weighted by Crippen LogP contribution is 2.28. The maximum Gasteiger partial charge on any atom is 0.407 e. The fourth-order valence-electron chi connectivity index (χ4n) is 3.16. The van der Waals surface area contributed by atoms with E-state index in [9.17, 15) is 4.79 Å². The number of hydrogen-bond donors (Lipinski definition) is 2. The molecule has 0 saturated carbocycles. The number of carbonyl (C=O) groups is 1. The van der Waals surface area contributed by atoms with Crippen molar-refractivity contribution in [3.63, 3.8) is 0 Å². The first-order chi connectivity index (χ1) is 12.7. The van der Waals surface area contributed by atoms with Crippen molar-refractivity contribution < 1.29 is 9.53 Å². The van der Waals surface area contributed by atoms with Gasteiger partial charge in [0.05, 0.1) is 11.1 Å². The summed E-state index contributed by atoms with van der Waals surface area (Å²) in [5.74, 6) is 0.812. The van der Waals surface area contributed by atoms with E-state index >= 15 is 0 Å².